The van der Waals surface area contributed by atoms with Crippen LogP contribution < -0.4 is 5.73 Å². The Hall–Kier alpha value is -0.910. The zero-order chi connectivity index (χ0) is 14.7. The summed E-state index contributed by atoms with van der Waals surface area (Å²) in [5.74, 6) is -0.101. The number of hydrogen-bond donors (Lipinski definition) is 1. The van der Waals surface area contributed by atoms with Crippen LogP contribution >= 0.6 is 0 Å². The van der Waals surface area contributed by atoms with Crippen LogP contribution in [0, 0.1) is 0 Å². The van der Waals surface area contributed by atoms with Gasteiger partial charge in [-0.25, -0.2) is 8.42 Å². The lowest BCUT2D eigenvalue weighted by Gasteiger charge is -2.19. The van der Waals surface area contributed by atoms with Crippen LogP contribution in [0.2, 0.25) is 0 Å². The lowest BCUT2D eigenvalue weighted by molar-refractivity contribution is 0.186. The number of hydrogen-bond acceptors (Lipinski definition) is 4. The van der Waals surface area contributed by atoms with Crippen LogP contribution in [0.1, 0.15) is 26.3 Å². The molecule has 1 aromatic carbocycles. The number of rotatable bonds is 5. The van der Waals surface area contributed by atoms with Crippen molar-refractivity contribution in [3.63, 3.8) is 0 Å². The van der Waals surface area contributed by atoms with E-state index < -0.39 is 15.9 Å². The SMILES string of the molecule is COCC(N)CS(=O)(=O)c1ccc(C(C)(C)C)cc1. The fraction of sp³-hybridized carbons (Fsp3) is 0.571. The predicted molar refractivity (Wildman–Crippen MR) is 77.0 cm³/mol. The molecular formula is C14H23NO3S. The minimum atomic E-state index is -3.35. The molecule has 4 nitrogen and oxygen atoms in total. The van der Waals surface area contributed by atoms with Crippen LogP contribution in [0.4, 0.5) is 0 Å². The number of benzene rings is 1. The van der Waals surface area contributed by atoms with Crippen molar-refractivity contribution in [2.45, 2.75) is 37.1 Å². The molecular weight excluding hydrogens is 262 g/mol. The molecule has 1 aromatic rings. The molecule has 2 N–H and O–H groups in total. The highest BCUT2D eigenvalue weighted by Crippen LogP contribution is 2.23. The Bertz CT molecular complexity index is 500. The Morgan fingerprint density at radius 1 is 1.21 bits per heavy atom. The Labute approximate surface area is 115 Å². The van der Waals surface area contributed by atoms with Crippen molar-refractivity contribution in [2.75, 3.05) is 19.5 Å². The van der Waals surface area contributed by atoms with Crippen LogP contribution in [0.5, 0.6) is 0 Å². The minimum Gasteiger partial charge on any atom is -0.383 e. The smallest absolute Gasteiger partial charge is 0.179 e. The van der Waals surface area contributed by atoms with Gasteiger partial charge >= 0.3 is 0 Å². The van der Waals surface area contributed by atoms with E-state index in [9.17, 15) is 8.42 Å². The van der Waals surface area contributed by atoms with Gasteiger partial charge in [0.2, 0.25) is 0 Å². The first-order valence-electron chi connectivity index (χ1n) is 6.24. The molecule has 0 aliphatic heterocycles. The molecule has 0 heterocycles. The van der Waals surface area contributed by atoms with E-state index in [1.807, 2.05) is 12.1 Å². The van der Waals surface area contributed by atoms with Crippen molar-refractivity contribution >= 4 is 9.84 Å². The molecule has 1 atom stereocenters. The van der Waals surface area contributed by atoms with Gasteiger partial charge < -0.3 is 10.5 Å². The van der Waals surface area contributed by atoms with Crippen molar-refractivity contribution < 1.29 is 13.2 Å². The van der Waals surface area contributed by atoms with Crippen LogP contribution in [-0.4, -0.2) is 33.9 Å². The second-order valence-electron chi connectivity index (χ2n) is 5.77. The van der Waals surface area contributed by atoms with Gasteiger partial charge in [-0.3, -0.25) is 0 Å². The van der Waals surface area contributed by atoms with Gasteiger partial charge in [0.25, 0.3) is 0 Å². The third kappa shape index (κ3) is 4.60. The summed E-state index contributed by atoms with van der Waals surface area (Å²) in [5, 5.41) is 0. The van der Waals surface area contributed by atoms with Crippen LogP contribution in [-0.2, 0) is 20.0 Å². The van der Waals surface area contributed by atoms with Crippen molar-refractivity contribution in [3.8, 4) is 0 Å². The highest BCUT2D eigenvalue weighted by molar-refractivity contribution is 7.91. The summed E-state index contributed by atoms with van der Waals surface area (Å²) in [4.78, 5) is 0.312. The molecule has 0 bridgehead atoms. The summed E-state index contributed by atoms with van der Waals surface area (Å²) < 4.78 is 29.1. The first kappa shape index (κ1) is 16.1. The Balaban J connectivity index is 2.91. The normalized spacial score (nSPS) is 14.4. The van der Waals surface area contributed by atoms with Crippen molar-refractivity contribution in [2.24, 2.45) is 5.73 Å². The van der Waals surface area contributed by atoms with E-state index in [0.29, 0.717) is 4.90 Å². The average molecular weight is 285 g/mol. The minimum absolute atomic E-state index is 0.00868. The third-order valence-electron chi connectivity index (χ3n) is 2.89. The number of nitrogens with two attached hydrogens (primary N) is 1. The lowest BCUT2D eigenvalue weighted by Crippen LogP contribution is -2.33. The van der Waals surface area contributed by atoms with Crippen molar-refractivity contribution in [1.29, 1.82) is 0 Å². The van der Waals surface area contributed by atoms with E-state index in [-0.39, 0.29) is 17.8 Å². The van der Waals surface area contributed by atoms with Crippen LogP contribution in [0.15, 0.2) is 29.2 Å². The van der Waals surface area contributed by atoms with E-state index in [1.165, 1.54) is 7.11 Å². The van der Waals surface area contributed by atoms with E-state index in [2.05, 4.69) is 20.8 Å². The van der Waals surface area contributed by atoms with Crippen molar-refractivity contribution in [1.82, 2.24) is 0 Å². The average Bonchev–Trinajstić information content (AvgIpc) is 2.27. The van der Waals surface area contributed by atoms with Crippen LogP contribution in [0.3, 0.4) is 0 Å². The molecule has 0 aromatic heterocycles. The van der Waals surface area contributed by atoms with Gasteiger partial charge in [0.15, 0.2) is 9.84 Å². The van der Waals surface area contributed by atoms with Gasteiger partial charge in [-0.2, -0.15) is 0 Å². The molecule has 0 saturated heterocycles. The Morgan fingerprint density at radius 2 is 1.74 bits per heavy atom. The van der Waals surface area contributed by atoms with Gasteiger partial charge in [0.05, 0.1) is 17.3 Å². The Morgan fingerprint density at radius 3 is 2.16 bits per heavy atom. The fourth-order valence-electron chi connectivity index (χ4n) is 1.80. The second kappa shape index (κ2) is 6.03. The largest absolute Gasteiger partial charge is 0.383 e. The molecule has 0 radical (unpaired) electrons. The standard InChI is InChI=1S/C14H23NO3S/c1-14(2,3)11-5-7-13(8-6-11)19(16,17)10-12(15)9-18-4/h5-8,12H,9-10,15H2,1-4H3. The monoisotopic (exact) mass is 285 g/mol. The highest BCUT2D eigenvalue weighted by atomic mass is 32.2. The summed E-state index contributed by atoms with van der Waals surface area (Å²) in [6, 6.07) is 6.51. The Kier molecular flexibility index (Phi) is 5.12. The maximum absolute atomic E-state index is 12.1. The lowest BCUT2D eigenvalue weighted by atomic mass is 9.87. The fourth-order valence-corrected chi connectivity index (χ4v) is 3.21. The third-order valence-corrected chi connectivity index (χ3v) is 4.75. The summed E-state index contributed by atoms with van der Waals surface area (Å²) >= 11 is 0. The summed E-state index contributed by atoms with van der Waals surface area (Å²) in [6.45, 7) is 6.50. The van der Waals surface area contributed by atoms with Crippen LogP contribution in [0.25, 0.3) is 0 Å². The van der Waals surface area contributed by atoms with Gasteiger partial charge in [-0.15, -0.1) is 0 Å². The number of sulfone groups is 1. The first-order valence-corrected chi connectivity index (χ1v) is 7.90. The molecule has 1 rings (SSSR count). The molecule has 108 valence electrons. The molecule has 0 fully saturated rings. The van der Waals surface area contributed by atoms with Gasteiger partial charge in [-0.1, -0.05) is 32.9 Å². The molecule has 0 amide bonds. The van der Waals surface area contributed by atoms with E-state index in [4.69, 9.17) is 10.5 Å². The van der Waals surface area contributed by atoms with E-state index in [1.54, 1.807) is 12.1 Å². The first-order chi connectivity index (χ1) is 8.66. The summed E-state index contributed by atoms with van der Waals surface area (Å²) in [7, 11) is -1.84. The summed E-state index contributed by atoms with van der Waals surface area (Å²) in [6.07, 6.45) is 0. The zero-order valence-corrected chi connectivity index (χ0v) is 12.8. The van der Waals surface area contributed by atoms with E-state index >= 15 is 0 Å². The second-order valence-corrected chi connectivity index (χ2v) is 7.81. The maximum atomic E-state index is 12.1. The highest BCUT2D eigenvalue weighted by Gasteiger charge is 2.20. The molecule has 0 aliphatic carbocycles. The van der Waals surface area contributed by atoms with Gasteiger partial charge in [0.1, 0.15) is 0 Å². The van der Waals surface area contributed by atoms with Crippen molar-refractivity contribution in [3.05, 3.63) is 29.8 Å². The molecule has 0 saturated carbocycles. The molecule has 1 unspecified atom stereocenters. The zero-order valence-electron chi connectivity index (χ0n) is 12.0. The molecule has 5 heteroatoms. The number of ether oxygens (including phenoxy) is 1. The van der Waals surface area contributed by atoms with Gasteiger partial charge in [0, 0.05) is 13.2 Å². The molecule has 0 spiro atoms. The topological polar surface area (TPSA) is 69.4 Å². The maximum Gasteiger partial charge on any atom is 0.179 e. The predicted octanol–water partition coefficient (Wildman–Crippen LogP) is 1.73. The molecule has 0 aliphatic rings. The van der Waals surface area contributed by atoms with E-state index in [0.717, 1.165) is 5.56 Å². The number of methoxy groups -OCH3 is 1. The summed E-state index contributed by atoms with van der Waals surface area (Å²) in [5.41, 5.74) is 6.82. The molecule has 19 heavy (non-hydrogen) atoms. The van der Waals surface area contributed by atoms with Gasteiger partial charge in [-0.05, 0) is 23.1 Å². The quantitative estimate of drug-likeness (QED) is 0.894.